The second kappa shape index (κ2) is 5.82. The lowest BCUT2D eigenvalue weighted by atomic mass is 10.1. The van der Waals surface area contributed by atoms with Crippen molar-refractivity contribution in [3.05, 3.63) is 28.2 Å². The van der Waals surface area contributed by atoms with E-state index in [0.717, 1.165) is 10.0 Å². The lowest BCUT2D eigenvalue weighted by Gasteiger charge is -2.11. The predicted molar refractivity (Wildman–Crippen MR) is 70.5 cm³/mol. The van der Waals surface area contributed by atoms with E-state index in [0.29, 0.717) is 5.69 Å². The summed E-state index contributed by atoms with van der Waals surface area (Å²) >= 11 is 3.39. The number of carbonyl (C=O) groups is 2. The molecule has 0 saturated heterocycles. The lowest BCUT2D eigenvalue weighted by molar-refractivity contribution is -0.125. The maximum atomic E-state index is 11.7. The molecule has 1 unspecified atom stereocenters. The standard InChI is InChI=1S/C12H15BrN2O2/c1-7-3-4-9(6-10(7)13)15-12(17)8(2)5-11(14)16/h3-4,6,8H,5H2,1-2H3,(H2,14,16)(H,15,17). The lowest BCUT2D eigenvalue weighted by Crippen LogP contribution is -2.25. The molecule has 0 aliphatic heterocycles. The summed E-state index contributed by atoms with van der Waals surface area (Å²) in [5.74, 6) is -1.11. The molecule has 3 N–H and O–H groups in total. The zero-order valence-electron chi connectivity index (χ0n) is 9.79. The van der Waals surface area contributed by atoms with Crippen LogP contribution in [0.2, 0.25) is 0 Å². The number of aryl methyl sites for hydroxylation is 1. The molecular weight excluding hydrogens is 284 g/mol. The number of amides is 2. The number of carbonyl (C=O) groups excluding carboxylic acids is 2. The number of anilines is 1. The minimum atomic E-state index is -0.474. The third-order valence-corrected chi connectivity index (χ3v) is 3.25. The van der Waals surface area contributed by atoms with Crippen LogP contribution in [-0.2, 0) is 9.59 Å². The molecule has 0 heterocycles. The Hall–Kier alpha value is -1.36. The van der Waals surface area contributed by atoms with Gasteiger partial charge in [0.15, 0.2) is 0 Å². The van der Waals surface area contributed by atoms with Crippen LogP contribution < -0.4 is 11.1 Å². The molecule has 0 radical (unpaired) electrons. The fraction of sp³-hybridized carbons (Fsp3) is 0.333. The Morgan fingerprint density at radius 2 is 2.12 bits per heavy atom. The second-order valence-corrected chi connectivity index (χ2v) is 4.88. The zero-order valence-corrected chi connectivity index (χ0v) is 11.4. The van der Waals surface area contributed by atoms with Crippen molar-refractivity contribution >= 4 is 33.4 Å². The fourth-order valence-corrected chi connectivity index (χ4v) is 1.71. The summed E-state index contributed by atoms with van der Waals surface area (Å²) in [7, 11) is 0. The normalized spacial score (nSPS) is 11.9. The quantitative estimate of drug-likeness (QED) is 0.894. The molecule has 1 aromatic carbocycles. The average Bonchev–Trinajstić information content (AvgIpc) is 2.22. The summed E-state index contributed by atoms with van der Waals surface area (Å²) in [5, 5.41) is 2.74. The summed E-state index contributed by atoms with van der Waals surface area (Å²) in [6.45, 7) is 3.63. The van der Waals surface area contributed by atoms with Crippen LogP contribution in [0.3, 0.4) is 0 Å². The highest BCUT2D eigenvalue weighted by Gasteiger charge is 2.15. The van der Waals surface area contributed by atoms with Crippen molar-refractivity contribution < 1.29 is 9.59 Å². The third kappa shape index (κ3) is 4.19. The van der Waals surface area contributed by atoms with Crippen molar-refractivity contribution in [2.75, 3.05) is 5.32 Å². The Morgan fingerprint density at radius 3 is 2.65 bits per heavy atom. The van der Waals surface area contributed by atoms with Crippen LogP contribution in [0.15, 0.2) is 22.7 Å². The SMILES string of the molecule is Cc1ccc(NC(=O)C(C)CC(N)=O)cc1Br. The summed E-state index contributed by atoms with van der Waals surface area (Å²) in [5.41, 5.74) is 6.83. The topological polar surface area (TPSA) is 72.2 Å². The van der Waals surface area contributed by atoms with Gasteiger partial charge in [0.05, 0.1) is 0 Å². The van der Waals surface area contributed by atoms with Crippen molar-refractivity contribution in [2.45, 2.75) is 20.3 Å². The Bertz CT molecular complexity index is 446. The van der Waals surface area contributed by atoms with Gasteiger partial charge in [0.1, 0.15) is 0 Å². The number of benzene rings is 1. The molecule has 4 nitrogen and oxygen atoms in total. The molecule has 1 aromatic rings. The van der Waals surface area contributed by atoms with Gasteiger partial charge in [-0.15, -0.1) is 0 Å². The molecule has 5 heteroatoms. The molecule has 1 atom stereocenters. The number of rotatable bonds is 4. The second-order valence-electron chi connectivity index (χ2n) is 4.02. The molecule has 0 fully saturated rings. The molecule has 1 rings (SSSR count). The number of nitrogens with two attached hydrogens (primary N) is 1. The fourth-order valence-electron chi connectivity index (χ4n) is 1.33. The van der Waals surface area contributed by atoms with Crippen molar-refractivity contribution in [1.29, 1.82) is 0 Å². The molecule has 0 bridgehead atoms. The predicted octanol–water partition coefficient (Wildman–Crippen LogP) is 2.21. The Balaban J connectivity index is 2.67. The van der Waals surface area contributed by atoms with Crippen LogP contribution in [0.4, 0.5) is 5.69 Å². The largest absolute Gasteiger partial charge is 0.370 e. The van der Waals surface area contributed by atoms with Crippen molar-refractivity contribution in [3.63, 3.8) is 0 Å². The van der Waals surface area contributed by atoms with E-state index in [1.165, 1.54) is 0 Å². The molecule has 0 aliphatic rings. The number of hydrogen-bond donors (Lipinski definition) is 2. The molecule has 17 heavy (non-hydrogen) atoms. The zero-order chi connectivity index (χ0) is 13.0. The maximum Gasteiger partial charge on any atom is 0.227 e. The van der Waals surface area contributed by atoms with E-state index < -0.39 is 11.8 Å². The molecular formula is C12H15BrN2O2. The van der Waals surface area contributed by atoms with E-state index in [9.17, 15) is 9.59 Å². The van der Waals surface area contributed by atoms with Crippen molar-refractivity contribution in [2.24, 2.45) is 11.7 Å². The van der Waals surface area contributed by atoms with Crippen LogP contribution in [-0.4, -0.2) is 11.8 Å². The van der Waals surface area contributed by atoms with Crippen LogP contribution in [0, 0.1) is 12.8 Å². The van der Waals surface area contributed by atoms with E-state index in [-0.39, 0.29) is 12.3 Å². The van der Waals surface area contributed by atoms with Crippen molar-refractivity contribution in [1.82, 2.24) is 0 Å². The van der Waals surface area contributed by atoms with E-state index in [1.54, 1.807) is 6.92 Å². The summed E-state index contributed by atoms with van der Waals surface area (Å²) < 4.78 is 0.929. The van der Waals surface area contributed by atoms with Gasteiger partial charge in [0.25, 0.3) is 0 Å². The van der Waals surface area contributed by atoms with Gasteiger partial charge in [-0.2, -0.15) is 0 Å². The molecule has 0 saturated carbocycles. The van der Waals surface area contributed by atoms with Gasteiger partial charge in [-0.05, 0) is 24.6 Å². The highest BCUT2D eigenvalue weighted by atomic mass is 79.9. The summed E-state index contributed by atoms with van der Waals surface area (Å²) in [6.07, 6.45) is 0.0544. The third-order valence-electron chi connectivity index (χ3n) is 2.39. The highest BCUT2D eigenvalue weighted by Crippen LogP contribution is 2.21. The van der Waals surface area contributed by atoms with E-state index in [2.05, 4.69) is 21.2 Å². The first-order chi connectivity index (χ1) is 7.90. The van der Waals surface area contributed by atoms with Crippen molar-refractivity contribution in [3.8, 4) is 0 Å². The first-order valence-corrected chi connectivity index (χ1v) is 6.04. The van der Waals surface area contributed by atoms with Gasteiger partial charge in [0, 0.05) is 22.5 Å². The van der Waals surface area contributed by atoms with Gasteiger partial charge in [-0.1, -0.05) is 28.9 Å². The summed E-state index contributed by atoms with van der Waals surface area (Å²) in [6, 6.07) is 5.54. The maximum absolute atomic E-state index is 11.7. The number of hydrogen-bond acceptors (Lipinski definition) is 2. The van der Waals surface area contributed by atoms with Crippen LogP contribution >= 0.6 is 15.9 Å². The first kappa shape index (κ1) is 13.7. The Labute approximate surface area is 109 Å². The monoisotopic (exact) mass is 298 g/mol. The molecule has 0 aliphatic carbocycles. The number of primary amides is 1. The first-order valence-electron chi connectivity index (χ1n) is 5.25. The highest BCUT2D eigenvalue weighted by molar-refractivity contribution is 9.10. The molecule has 92 valence electrons. The molecule has 0 spiro atoms. The average molecular weight is 299 g/mol. The Morgan fingerprint density at radius 1 is 1.47 bits per heavy atom. The molecule has 2 amide bonds. The Kier molecular flexibility index (Phi) is 4.69. The summed E-state index contributed by atoms with van der Waals surface area (Å²) in [4.78, 5) is 22.4. The van der Waals surface area contributed by atoms with Gasteiger partial charge in [-0.3, -0.25) is 9.59 Å². The van der Waals surface area contributed by atoms with Crippen LogP contribution in [0.1, 0.15) is 18.9 Å². The van der Waals surface area contributed by atoms with Gasteiger partial charge >= 0.3 is 0 Å². The van der Waals surface area contributed by atoms with E-state index in [4.69, 9.17) is 5.73 Å². The number of nitrogens with one attached hydrogen (secondary N) is 1. The van der Waals surface area contributed by atoms with Gasteiger partial charge in [0.2, 0.25) is 11.8 Å². The van der Waals surface area contributed by atoms with Crippen LogP contribution in [0.25, 0.3) is 0 Å². The minimum Gasteiger partial charge on any atom is -0.370 e. The minimum absolute atomic E-state index is 0.0544. The smallest absolute Gasteiger partial charge is 0.227 e. The van der Waals surface area contributed by atoms with Gasteiger partial charge in [-0.25, -0.2) is 0 Å². The van der Waals surface area contributed by atoms with Crippen LogP contribution in [0.5, 0.6) is 0 Å². The number of halogens is 1. The van der Waals surface area contributed by atoms with Gasteiger partial charge < -0.3 is 11.1 Å². The van der Waals surface area contributed by atoms with E-state index in [1.807, 2.05) is 25.1 Å². The molecule has 0 aromatic heterocycles. The van der Waals surface area contributed by atoms with E-state index >= 15 is 0 Å².